The van der Waals surface area contributed by atoms with Crippen molar-refractivity contribution in [1.82, 2.24) is 20.0 Å². The number of amides is 2. The van der Waals surface area contributed by atoms with Crippen LogP contribution in [0.4, 0.5) is 4.79 Å². The second kappa shape index (κ2) is 7.33. The van der Waals surface area contributed by atoms with Crippen molar-refractivity contribution >= 4 is 15.9 Å². The van der Waals surface area contributed by atoms with Gasteiger partial charge in [0.2, 0.25) is 0 Å². The van der Waals surface area contributed by atoms with Gasteiger partial charge in [0, 0.05) is 43.7 Å². The Kier molecular flexibility index (Phi) is 5.67. The highest BCUT2D eigenvalue weighted by atomic mass is 32.2. The van der Waals surface area contributed by atoms with Crippen molar-refractivity contribution in [3.05, 3.63) is 18.0 Å². The summed E-state index contributed by atoms with van der Waals surface area (Å²) in [5, 5.41) is 7.13. The third-order valence-corrected chi connectivity index (χ3v) is 5.05. The topological polar surface area (TPSA) is 84.3 Å². The quantitative estimate of drug-likeness (QED) is 0.877. The lowest BCUT2D eigenvalue weighted by atomic mass is 10.0. The van der Waals surface area contributed by atoms with Crippen molar-refractivity contribution in [2.24, 2.45) is 5.92 Å². The minimum absolute atomic E-state index is 0.0354. The van der Waals surface area contributed by atoms with Crippen molar-refractivity contribution in [1.29, 1.82) is 0 Å². The highest BCUT2D eigenvalue weighted by Crippen LogP contribution is 2.18. The first-order chi connectivity index (χ1) is 10.7. The molecule has 1 aromatic rings. The number of likely N-dealkylation sites (tertiary alicyclic amines) is 1. The molecule has 2 heterocycles. The molecule has 1 N–H and O–H groups in total. The van der Waals surface area contributed by atoms with Gasteiger partial charge in [0.15, 0.2) is 0 Å². The fraction of sp³-hybridized carbons (Fsp3) is 0.733. The van der Waals surface area contributed by atoms with Crippen LogP contribution in [-0.2, 0) is 16.4 Å². The van der Waals surface area contributed by atoms with Crippen LogP contribution >= 0.6 is 0 Å². The largest absolute Gasteiger partial charge is 0.334 e. The van der Waals surface area contributed by atoms with Gasteiger partial charge in [-0.2, -0.15) is 5.10 Å². The minimum atomic E-state index is -3.00. The Morgan fingerprint density at radius 2 is 2.22 bits per heavy atom. The third kappa shape index (κ3) is 5.53. The van der Waals surface area contributed by atoms with Gasteiger partial charge in [-0.15, -0.1) is 0 Å². The van der Waals surface area contributed by atoms with Gasteiger partial charge >= 0.3 is 6.03 Å². The molecule has 8 heteroatoms. The number of hydrogen-bond acceptors (Lipinski definition) is 4. The van der Waals surface area contributed by atoms with Gasteiger partial charge in [0.05, 0.1) is 11.9 Å². The summed E-state index contributed by atoms with van der Waals surface area (Å²) in [6, 6.07) is 0.152. The summed E-state index contributed by atoms with van der Waals surface area (Å²) < 4.78 is 24.7. The molecular weight excluding hydrogens is 316 g/mol. The van der Waals surface area contributed by atoms with E-state index in [0.29, 0.717) is 25.7 Å². The number of rotatable bonds is 5. The second-order valence-electron chi connectivity index (χ2n) is 6.63. The van der Waals surface area contributed by atoms with Crippen LogP contribution in [0.25, 0.3) is 0 Å². The van der Waals surface area contributed by atoms with E-state index >= 15 is 0 Å². The summed E-state index contributed by atoms with van der Waals surface area (Å²) in [5.41, 5.74) is 0.955. The van der Waals surface area contributed by atoms with E-state index in [9.17, 15) is 13.2 Å². The Balaban J connectivity index is 1.84. The van der Waals surface area contributed by atoms with E-state index in [1.165, 1.54) is 6.26 Å². The number of urea groups is 1. The molecule has 2 rings (SSSR count). The second-order valence-corrected chi connectivity index (χ2v) is 8.81. The summed E-state index contributed by atoms with van der Waals surface area (Å²) in [6.07, 6.45) is 6.63. The van der Waals surface area contributed by atoms with Gasteiger partial charge in [0.25, 0.3) is 0 Å². The zero-order chi connectivity index (χ0) is 17.0. The molecule has 1 aromatic heterocycles. The number of carbonyl (C=O) groups is 1. The standard InChI is InChI=1S/C15H26N4O3S/c1-12(2)19-10-14(8-17-19)7-16-15(20)18-6-4-5-13(9-18)11-23(3,21)22/h8,10,12-13H,4-7,9,11H2,1-3H3,(H,16,20). The number of aromatic nitrogens is 2. The minimum Gasteiger partial charge on any atom is -0.334 e. The maximum absolute atomic E-state index is 12.3. The van der Waals surface area contributed by atoms with E-state index in [2.05, 4.69) is 10.4 Å². The number of nitrogens with one attached hydrogen (secondary N) is 1. The molecule has 1 saturated heterocycles. The van der Waals surface area contributed by atoms with Crippen LogP contribution in [0.5, 0.6) is 0 Å². The summed E-state index contributed by atoms with van der Waals surface area (Å²) in [7, 11) is -3.00. The van der Waals surface area contributed by atoms with Gasteiger partial charge in [-0.05, 0) is 32.6 Å². The number of carbonyl (C=O) groups excluding carboxylic acids is 1. The molecule has 1 fully saturated rings. The number of sulfone groups is 1. The van der Waals surface area contributed by atoms with Crippen molar-refractivity contribution < 1.29 is 13.2 Å². The van der Waals surface area contributed by atoms with Crippen molar-refractivity contribution in [2.75, 3.05) is 25.1 Å². The molecule has 1 atom stereocenters. The lowest BCUT2D eigenvalue weighted by Gasteiger charge is -2.32. The smallest absolute Gasteiger partial charge is 0.317 e. The maximum atomic E-state index is 12.3. The number of piperidine rings is 1. The predicted octanol–water partition coefficient (Wildman–Crippen LogP) is 1.43. The van der Waals surface area contributed by atoms with E-state index < -0.39 is 9.84 Å². The monoisotopic (exact) mass is 342 g/mol. The molecule has 1 aliphatic rings. The molecular formula is C15H26N4O3S. The van der Waals surface area contributed by atoms with Crippen molar-refractivity contribution in [2.45, 2.75) is 39.3 Å². The Labute approximate surface area is 138 Å². The summed E-state index contributed by atoms with van der Waals surface area (Å²) in [6.45, 7) is 5.70. The molecule has 1 aliphatic heterocycles. The van der Waals surface area contributed by atoms with Crippen LogP contribution in [0.15, 0.2) is 12.4 Å². The van der Waals surface area contributed by atoms with E-state index in [4.69, 9.17) is 0 Å². The lowest BCUT2D eigenvalue weighted by Crippen LogP contribution is -2.46. The Bertz CT molecular complexity index is 639. The van der Waals surface area contributed by atoms with Crippen LogP contribution in [0.1, 0.15) is 38.3 Å². The Hall–Kier alpha value is -1.57. The van der Waals surface area contributed by atoms with Crippen LogP contribution in [0.3, 0.4) is 0 Å². The van der Waals surface area contributed by atoms with E-state index in [1.54, 1.807) is 11.1 Å². The van der Waals surface area contributed by atoms with Crippen LogP contribution in [0, 0.1) is 5.92 Å². The molecule has 0 aromatic carbocycles. The van der Waals surface area contributed by atoms with E-state index in [1.807, 2.05) is 24.7 Å². The van der Waals surface area contributed by atoms with Gasteiger partial charge in [-0.1, -0.05) is 0 Å². The van der Waals surface area contributed by atoms with Gasteiger partial charge in [-0.25, -0.2) is 13.2 Å². The van der Waals surface area contributed by atoms with Crippen LogP contribution < -0.4 is 5.32 Å². The summed E-state index contributed by atoms with van der Waals surface area (Å²) in [4.78, 5) is 14.0. The zero-order valence-corrected chi connectivity index (χ0v) is 14.8. The number of nitrogens with zero attached hydrogens (tertiary/aromatic N) is 3. The van der Waals surface area contributed by atoms with E-state index in [0.717, 1.165) is 18.4 Å². The average molecular weight is 342 g/mol. The molecule has 0 bridgehead atoms. The highest BCUT2D eigenvalue weighted by molar-refractivity contribution is 7.90. The van der Waals surface area contributed by atoms with Crippen molar-refractivity contribution in [3.8, 4) is 0 Å². The number of hydrogen-bond donors (Lipinski definition) is 1. The highest BCUT2D eigenvalue weighted by Gasteiger charge is 2.25. The molecule has 0 aliphatic carbocycles. The van der Waals surface area contributed by atoms with Gasteiger partial charge in [-0.3, -0.25) is 4.68 Å². The molecule has 0 radical (unpaired) electrons. The van der Waals surface area contributed by atoms with Crippen LogP contribution in [-0.4, -0.2) is 54.2 Å². The molecule has 2 amide bonds. The SMILES string of the molecule is CC(C)n1cc(CNC(=O)N2CCCC(CS(C)(=O)=O)C2)cn1. The Morgan fingerprint density at radius 3 is 2.83 bits per heavy atom. The summed E-state index contributed by atoms with van der Waals surface area (Å²) in [5.74, 6) is 0.186. The molecule has 0 spiro atoms. The van der Waals surface area contributed by atoms with Crippen LogP contribution in [0.2, 0.25) is 0 Å². The van der Waals surface area contributed by atoms with E-state index in [-0.39, 0.29) is 17.7 Å². The maximum Gasteiger partial charge on any atom is 0.317 e. The normalized spacial score (nSPS) is 19.1. The van der Waals surface area contributed by atoms with Gasteiger partial charge in [0.1, 0.15) is 9.84 Å². The first-order valence-corrected chi connectivity index (χ1v) is 10.0. The molecule has 130 valence electrons. The summed E-state index contributed by atoms with van der Waals surface area (Å²) >= 11 is 0. The lowest BCUT2D eigenvalue weighted by molar-refractivity contribution is 0.170. The molecule has 0 saturated carbocycles. The Morgan fingerprint density at radius 1 is 1.48 bits per heavy atom. The third-order valence-electron chi connectivity index (χ3n) is 3.97. The fourth-order valence-electron chi connectivity index (χ4n) is 2.85. The zero-order valence-electron chi connectivity index (χ0n) is 14.0. The molecule has 23 heavy (non-hydrogen) atoms. The first-order valence-electron chi connectivity index (χ1n) is 7.98. The van der Waals surface area contributed by atoms with Crippen molar-refractivity contribution in [3.63, 3.8) is 0 Å². The first kappa shape index (κ1) is 17.8. The molecule has 1 unspecified atom stereocenters. The predicted molar refractivity (Wildman–Crippen MR) is 88.9 cm³/mol. The molecule has 7 nitrogen and oxygen atoms in total. The van der Waals surface area contributed by atoms with Gasteiger partial charge < -0.3 is 10.2 Å². The average Bonchev–Trinajstić information content (AvgIpc) is 2.92. The fourth-order valence-corrected chi connectivity index (χ4v) is 3.98.